The highest BCUT2D eigenvalue weighted by molar-refractivity contribution is 5.94. The molecule has 0 bridgehead atoms. The Hall–Kier alpha value is -3.47. The number of carbonyl (C=O) groups is 1. The molecule has 2 heterocycles. The van der Waals surface area contributed by atoms with Gasteiger partial charge in [0, 0.05) is 42.8 Å². The molecule has 3 aromatic carbocycles. The molecule has 1 N–H and O–H groups in total. The Balaban J connectivity index is 1.44. The van der Waals surface area contributed by atoms with Crippen molar-refractivity contribution in [3.05, 3.63) is 84.4 Å². The van der Waals surface area contributed by atoms with Gasteiger partial charge in [0.05, 0.1) is 19.1 Å². The maximum absolute atomic E-state index is 13.5. The fraction of sp³-hybridized carbons (Fsp3) is 0.269. The number of anilines is 3. The molecule has 0 spiro atoms. The summed E-state index contributed by atoms with van der Waals surface area (Å²) < 4.78 is 5.31. The van der Waals surface area contributed by atoms with Crippen LogP contribution in [-0.2, 0) is 11.2 Å². The van der Waals surface area contributed by atoms with Crippen molar-refractivity contribution in [3.8, 4) is 5.75 Å². The monoisotopic (exact) mass is 413 g/mol. The standard InChI is InChI=1S/C26H27N3O2/c1-31-22-12-7-9-20(17-22)27-26(30)23-16-19-8-5-6-13-24(19)29-15-14-28(18-25(23)29)21-10-3-2-4-11-21/h2-13,17,23,25H,14-16,18H2,1H3,(H,27,30)/t23-,25+/m1/s1. The van der Waals surface area contributed by atoms with Gasteiger partial charge in [0.2, 0.25) is 5.91 Å². The maximum Gasteiger partial charge on any atom is 0.229 e. The molecule has 2 aliphatic rings. The van der Waals surface area contributed by atoms with Gasteiger partial charge in [0.1, 0.15) is 5.75 Å². The number of hydrogen-bond acceptors (Lipinski definition) is 4. The van der Waals surface area contributed by atoms with Crippen molar-refractivity contribution in [1.82, 2.24) is 0 Å². The molecule has 2 atom stereocenters. The molecule has 0 saturated carbocycles. The van der Waals surface area contributed by atoms with Crippen molar-refractivity contribution in [1.29, 1.82) is 0 Å². The minimum atomic E-state index is -0.132. The van der Waals surface area contributed by atoms with Crippen LogP contribution in [0.1, 0.15) is 5.56 Å². The van der Waals surface area contributed by atoms with Crippen LogP contribution >= 0.6 is 0 Å². The van der Waals surface area contributed by atoms with Crippen molar-refractivity contribution in [2.24, 2.45) is 5.92 Å². The van der Waals surface area contributed by atoms with Gasteiger partial charge < -0.3 is 19.9 Å². The van der Waals surface area contributed by atoms with E-state index in [2.05, 4.69) is 63.6 Å². The number of para-hydroxylation sites is 2. The van der Waals surface area contributed by atoms with E-state index in [0.717, 1.165) is 37.5 Å². The number of amides is 1. The summed E-state index contributed by atoms with van der Waals surface area (Å²) in [5.74, 6) is 0.668. The van der Waals surface area contributed by atoms with E-state index < -0.39 is 0 Å². The summed E-state index contributed by atoms with van der Waals surface area (Å²) in [5.41, 5.74) is 4.50. The first-order valence-corrected chi connectivity index (χ1v) is 10.8. The van der Waals surface area contributed by atoms with E-state index >= 15 is 0 Å². The topological polar surface area (TPSA) is 44.8 Å². The number of rotatable bonds is 4. The van der Waals surface area contributed by atoms with Crippen molar-refractivity contribution in [2.45, 2.75) is 12.5 Å². The Morgan fingerprint density at radius 1 is 0.968 bits per heavy atom. The summed E-state index contributed by atoms with van der Waals surface area (Å²) in [7, 11) is 1.64. The van der Waals surface area contributed by atoms with Gasteiger partial charge in [0.15, 0.2) is 0 Å². The third kappa shape index (κ3) is 3.83. The molecule has 5 heteroatoms. The van der Waals surface area contributed by atoms with Crippen LogP contribution in [0.3, 0.4) is 0 Å². The number of benzene rings is 3. The first kappa shape index (κ1) is 19.5. The summed E-state index contributed by atoms with van der Waals surface area (Å²) in [6.07, 6.45) is 0.746. The highest BCUT2D eigenvalue weighted by Crippen LogP contribution is 2.37. The van der Waals surface area contributed by atoms with Gasteiger partial charge in [-0.05, 0) is 42.3 Å². The first-order valence-electron chi connectivity index (χ1n) is 10.8. The molecule has 1 amide bonds. The molecule has 0 unspecified atom stereocenters. The van der Waals surface area contributed by atoms with E-state index in [1.54, 1.807) is 7.11 Å². The number of ether oxygens (including phenoxy) is 1. The predicted molar refractivity (Wildman–Crippen MR) is 125 cm³/mol. The fourth-order valence-corrected chi connectivity index (χ4v) is 4.87. The molecule has 3 aromatic rings. The molecule has 31 heavy (non-hydrogen) atoms. The molecule has 5 nitrogen and oxygen atoms in total. The van der Waals surface area contributed by atoms with Crippen LogP contribution in [0.4, 0.5) is 17.1 Å². The van der Waals surface area contributed by atoms with Crippen LogP contribution in [0.25, 0.3) is 0 Å². The van der Waals surface area contributed by atoms with E-state index in [-0.39, 0.29) is 17.9 Å². The van der Waals surface area contributed by atoms with Gasteiger partial charge in [-0.2, -0.15) is 0 Å². The number of hydrogen-bond donors (Lipinski definition) is 1. The van der Waals surface area contributed by atoms with Crippen molar-refractivity contribution in [2.75, 3.05) is 41.9 Å². The fourth-order valence-electron chi connectivity index (χ4n) is 4.87. The molecule has 1 fully saturated rings. The largest absolute Gasteiger partial charge is 0.497 e. The molecular formula is C26H27N3O2. The highest BCUT2D eigenvalue weighted by Gasteiger charge is 2.41. The van der Waals surface area contributed by atoms with Gasteiger partial charge >= 0.3 is 0 Å². The van der Waals surface area contributed by atoms with Gasteiger partial charge in [-0.25, -0.2) is 0 Å². The van der Waals surface area contributed by atoms with Crippen LogP contribution in [0.15, 0.2) is 78.9 Å². The third-order valence-electron chi connectivity index (χ3n) is 6.42. The van der Waals surface area contributed by atoms with Crippen LogP contribution in [0, 0.1) is 5.92 Å². The average Bonchev–Trinajstić information content (AvgIpc) is 2.83. The molecule has 2 aliphatic heterocycles. The van der Waals surface area contributed by atoms with Gasteiger partial charge in [0.25, 0.3) is 0 Å². The lowest BCUT2D eigenvalue weighted by Crippen LogP contribution is -2.60. The summed E-state index contributed by atoms with van der Waals surface area (Å²) in [6, 6.07) is 26.7. The van der Waals surface area contributed by atoms with E-state index in [4.69, 9.17) is 4.74 Å². The normalized spacial score (nSPS) is 19.9. The van der Waals surface area contributed by atoms with Gasteiger partial charge in [-0.15, -0.1) is 0 Å². The van der Waals surface area contributed by atoms with Crippen LogP contribution in [0.2, 0.25) is 0 Å². The molecule has 0 aliphatic carbocycles. The Morgan fingerprint density at radius 2 is 1.77 bits per heavy atom. The Kier molecular flexibility index (Phi) is 5.24. The van der Waals surface area contributed by atoms with Crippen molar-refractivity contribution >= 4 is 23.0 Å². The Bertz CT molecular complexity index is 1070. The maximum atomic E-state index is 13.5. The van der Waals surface area contributed by atoms with Crippen LogP contribution < -0.4 is 19.9 Å². The predicted octanol–water partition coefficient (Wildman–Crippen LogP) is 4.20. The quantitative estimate of drug-likeness (QED) is 0.696. The second-order valence-electron chi connectivity index (χ2n) is 8.20. The van der Waals surface area contributed by atoms with Gasteiger partial charge in [-0.3, -0.25) is 4.79 Å². The SMILES string of the molecule is COc1cccc(NC(=O)[C@@H]2Cc3ccccc3N3CCN(c4ccccc4)C[C@@H]23)c1. The summed E-state index contributed by atoms with van der Waals surface area (Å²) in [4.78, 5) is 18.3. The Morgan fingerprint density at radius 3 is 2.61 bits per heavy atom. The number of piperazine rings is 1. The number of nitrogens with zero attached hydrogens (tertiary/aromatic N) is 2. The number of carbonyl (C=O) groups excluding carboxylic acids is 1. The lowest BCUT2D eigenvalue weighted by atomic mass is 9.83. The smallest absolute Gasteiger partial charge is 0.229 e. The van der Waals surface area contributed by atoms with E-state index in [1.165, 1.54) is 16.9 Å². The zero-order valence-corrected chi connectivity index (χ0v) is 17.7. The Labute approximate surface area is 183 Å². The number of nitrogens with one attached hydrogen (secondary N) is 1. The second-order valence-corrected chi connectivity index (χ2v) is 8.20. The minimum absolute atomic E-state index is 0.0627. The molecule has 0 radical (unpaired) electrons. The molecular weight excluding hydrogens is 386 g/mol. The first-order chi connectivity index (χ1) is 15.2. The van der Waals surface area contributed by atoms with Gasteiger partial charge in [-0.1, -0.05) is 42.5 Å². The van der Waals surface area contributed by atoms with Crippen molar-refractivity contribution in [3.63, 3.8) is 0 Å². The molecule has 0 aromatic heterocycles. The zero-order valence-electron chi connectivity index (χ0n) is 17.7. The van der Waals surface area contributed by atoms with Crippen LogP contribution in [-0.4, -0.2) is 38.7 Å². The van der Waals surface area contributed by atoms with E-state index in [0.29, 0.717) is 0 Å². The summed E-state index contributed by atoms with van der Waals surface area (Å²) >= 11 is 0. The lowest BCUT2D eigenvalue weighted by molar-refractivity contribution is -0.120. The molecule has 1 saturated heterocycles. The van der Waals surface area contributed by atoms with E-state index in [9.17, 15) is 4.79 Å². The number of methoxy groups -OCH3 is 1. The highest BCUT2D eigenvalue weighted by atomic mass is 16.5. The third-order valence-corrected chi connectivity index (χ3v) is 6.42. The summed E-state index contributed by atoms with van der Waals surface area (Å²) in [6.45, 7) is 2.67. The average molecular weight is 414 g/mol. The number of fused-ring (bicyclic) bond motifs is 3. The molecule has 5 rings (SSSR count). The minimum Gasteiger partial charge on any atom is -0.497 e. The molecule has 158 valence electrons. The lowest BCUT2D eigenvalue weighted by Gasteiger charge is -2.49. The zero-order chi connectivity index (χ0) is 21.2. The van der Waals surface area contributed by atoms with Crippen molar-refractivity contribution < 1.29 is 9.53 Å². The van der Waals surface area contributed by atoms with E-state index in [1.807, 2.05) is 30.3 Å². The van der Waals surface area contributed by atoms with Crippen LogP contribution in [0.5, 0.6) is 5.75 Å². The second kappa shape index (κ2) is 8.34. The summed E-state index contributed by atoms with van der Waals surface area (Å²) in [5, 5.41) is 3.14.